The van der Waals surface area contributed by atoms with Gasteiger partial charge in [0.15, 0.2) is 0 Å². The van der Waals surface area contributed by atoms with E-state index in [9.17, 15) is 4.79 Å². The molecule has 0 aliphatic rings. The molecule has 0 unspecified atom stereocenters. The van der Waals surface area contributed by atoms with Crippen LogP contribution in [0.15, 0.2) is 39.5 Å². The first-order chi connectivity index (χ1) is 7.66. The van der Waals surface area contributed by atoms with Crippen LogP contribution < -0.4 is 0 Å². The van der Waals surface area contributed by atoms with Crippen molar-refractivity contribution in [1.82, 2.24) is 5.16 Å². The summed E-state index contributed by atoms with van der Waals surface area (Å²) >= 11 is 3.33. The minimum absolute atomic E-state index is 0.0884. The average molecular weight is 282 g/mol. The highest BCUT2D eigenvalue weighted by Crippen LogP contribution is 2.24. The molecular weight excluding hydrogens is 274 g/mol. The molecule has 4 nitrogen and oxygen atoms in total. The van der Waals surface area contributed by atoms with Crippen molar-refractivity contribution in [2.75, 3.05) is 0 Å². The lowest BCUT2D eigenvalue weighted by atomic mass is 10.1. The lowest BCUT2D eigenvalue weighted by molar-refractivity contribution is -0.136. The summed E-state index contributed by atoms with van der Waals surface area (Å²) in [7, 11) is 0. The molecule has 2 aromatic rings. The molecular formula is C11H8BrNO3. The summed E-state index contributed by atoms with van der Waals surface area (Å²) in [4.78, 5) is 10.6. The standard InChI is InChI=1S/C11H8BrNO3/c12-9-3-1-7(2-4-9)11-8(5-10(14)15)6-16-13-11/h1-4,6H,5H2,(H,14,15). The molecule has 5 heteroatoms. The van der Waals surface area contributed by atoms with E-state index >= 15 is 0 Å². The predicted octanol–water partition coefficient (Wildman–Crippen LogP) is 2.73. The molecule has 0 atom stereocenters. The molecule has 0 spiro atoms. The Morgan fingerprint density at radius 2 is 2.06 bits per heavy atom. The lowest BCUT2D eigenvalue weighted by Crippen LogP contribution is -2.00. The van der Waals surface area contributed by atoms with E-state index in [0.717, 1.165) is 10.0 Å². The summed E-state index contributed by atoms with van der Waals surface area (Å²) in [5, 5.41) is 12.5. The molecule has 0 aliphatic carbocycles. The van der Waals surface area contributed by atoms with Crippen LogP contribution >= 0.6 is 15.9 Å². The van der Waals surface area contributed by atoms with Crippen LogP contribution in [-0.2, 0) is 11.2 Å². The Morgan fingerprint density at radius 3 is 2.69 bits per heavy atom. The number of rotatable bonds is 3. The van der Waals surface area contributed by atoms with Crippen LogP contribution in [0, 0.1) is 0 Å². The quantitative estimate of drug-likeness (QED) is 0.940. The second-order valence-electron chi connectivity index (χ2n) is 3.27. The van der Waals surface area contributed by atoms with Crippen molar-refractivity contribution in [2.24, 2.45) is 0 Å². The van der Waals surface area contributed by atoms with E-state index in [0.29, 0.717) is 11.3 Å². The maximum atomic E-state index is 10.6. The van der Waals surface area contributed by atoms with Crippen molar-refractivity contribution < 1.29 is 14.4 Å². The zero-order valence-electron chi connectivity index (χ0n) is 8.18. The molecule has 0 aliphatic heterocycles. The maximum absolute atomic E-state index is 10.6. The summed E-state index contributed by atoms with van der Waals surface area (Å²) in [5.74, 6) is -0.901. The molecule has 1 aromatic heterocycles. The Morgan fingerprint density at radius 1 is 1.38 bits per heavy atom. The second-order valence-corrected chi connectivity index (χ2v) is 4.18. The number of hydrogen-bond acceptors (Lipinski definition) is 3. The first-order valence-corrected chi connectivity index (χ1v) is 5.37. The van der Waals surface area contributed by atoms with E-state index < -0.39 is 5.97 Å². The fourth-order valence-electron chi connectivity index (χ4n) is 1.39. The zero-order valence-corrected chi connectivity index (χ0v) is 9.77. The molecule has 1 aromatic carbocycles. The van der Waals surface area contributed by atoms with Crippen LogP contribution in [0.5, 0.6) is 0 Å². The average Bonchev–Trinajstić information content (AvgIpc) is 2.66. The SMILES string of the molecule is O=C(O)Cc1conc1-c1ccc(Br)cc1. The van der Waals surface area contributed by atoms with Crippen molar-refractivity contribution >= 4 is 21.9 Å². The van der Waals surface area contributed by atoms with Gasteiger partial charge in [0.1, 0.15) is 12.0 Å². The highest BCUT2D eigenvalue weighted by Gasteiger charge is 2.12. The van der Waals surface area contributed by atoms with Gasteiger partial charge in [-0.3, -0.25) is 4.79 Å². The van der Waals surface area contributed by atoms with Gasteiger partial charge in [-0.15, -0.1) is 0 Å². The largest absolute Gasteiger partial charge is 0.481 e. The summed E-state index contributed by atoms with van der Waals surface area (Å²) < 4.78 is 5.76. The number of carbonyl (C=O) groups is 1. The Labute approximate surface area is 100 Å². The first kappa shape index (κ1) is 10.9. The smallest absolute Gasteiger partial charge is 0.308 e. The van der Waals surface area contributed by atoms with E-state index in [-0.39, 0.29) is 6.42 Å². The van der Waals surface area contributed by atoms with E-state index in [1.165, 1.54) is 6.26 Å². The van der Waals surface area contributed by atoms with Crippen LogP contribution in [0.2, 0.25) is 0 Å². The van der Waals surface area contributed by atoms with Crippen molar-refractivity contribution in [3.05, 3.63) is 40.6 Å². The number of nitrogens with zero attached hydrogens (tertiary/aromatic N) is 1. The molecule has 0 fully saturated rings. The molecule has 2 rings (SSSR count). The number of benzene rings is 1. The topological polar surface area (TPSA) is 63.3 Å². The monoisotopic (exact) mass is 281 g/mol. The molecule has 16 heavy (non-hydrogen) atoms. The van der Waals surface area contributed by atoms with Gasteiger partial charge in [0.05, 0.1) is 6.42 Å². The molecule has 0 saturated carbocycles. The van der Waals surface area contributed by atoms with Gasteiger partial charge in [0, 0.05) is 15.6 Å². The van der Waals surface area contributed by atoms with Gasteiger partial charge < -0.3 is 9.63 Å². The highest BCUT2D eigenvalue weighted by molar-refractivity contribution is 9.10. The fourth-order valence-corrected chi connectivity index (χ4v) is 1.66. The minimum Gasteiger partial charge on any atom is -0.481 e. The van der Waals surface area contributed by atoms with Crippen molar-refractivity contribution in [1.29, 1.82) is 0 Å². The third kappa shape index (κ3) is 2.30. The van der Waals surface area contributed by atoms with Crippen LogP contribution in [0.25, 0.3) is 11.3 Å². The Kier molecular flexibility index (Phi) is 3.05. The van der Waals surface area contributed by atoms with Gasteiger partial charge in [-0.1, -0.05) is 33.2 Å². The number of carboxylic acids is 1. The van der Waals surface area contributed by atoms with Crippen LogP contribution in [0.4, 0.5) is 0 Å². The second kappa shape index (κ2) is 4.49. The van der Waals surface area contributed by atoms with Gasteiger partial charge in [0.2, 0.25) is 0 Å². The molecule has 82 valence electrons. The molecule has 1 N–H and O–H groups in total. The number of aliphatic carboxylic acids is 1. The molecule has 0 bridgehead atoms. The van der Waals surface area contributed by atoms with Crippen LogP contribution in [0.3, 0.4) is 0 Å². The van der Waals surface area contributed by atoms with Gasteiger partial charge in [-0.2, -0.15) is 0 Å². The van der Waals surface area contributed by atoms with Gasteiger partial charge >= 0.3 is 5.97 Å². The Hall–Kier alpha value is -1.62. The summed E-state index contributed by atoms with van der Waals surface area (Å²) in [6, 6.07) is 7.45. The van der Waals surface area contributed by atoms with E-state index in [2.05, 4.69) is 21.1 Å². The zero-order chi connectivity index (χ0) is 11.5. The van der Waals surface area contributed by atoms with Gasteiger partial charge in [-0.05, 0) is 12.1 Å². The van der Waals surface area contributed by atoms with Crippen molar-refractivity contribution in [3.63, 3.8) is 0 Å². The van der Waals surface area contributed by atoms with E-state index in [1.807, 2.05) is 24.3 Å². The number of halogens is 1. The Balaban J connectivity index is 2.36. The summed E-state index contributed by atoms with van der Waals surface area (Å²) in [6.45, 7) is 0. The highest BCUT2D eigenvalue weighted by atomic mass is 79.9. The molecule has 0 saturated heterocycles. The molecule has 0 radical (unpaired) electrons. The normalized spacial score (nSPS) is 10.3. The number of hydrogen-bond donors (Lipinski definition) is 1. The van der Waals surface area contributed by atoms with E-state index in [1.54, 1.807) is 0 Å². The number of carboxylic acid groups (broad SMARTS) is 1. The van der Waals surface area contributed by atoms with Crippen molar-refractivity contribution in [2.45, 2.75) is 6.42 Å². The minimum atomic E-state index is -0.901. The lowest BCUT2D eigenvalue weighted by Gasteiger charge is -1.99. The summed E-state index contributed by atoms with van der Waals surface area (Å²) in [6.07, 6.45) is 1.28. The Bertz CT molecular complexity index is 504. The van der Waals surface area contributed by atoms with Gasteiger partial charge in [0.25, 0.3) is 0 Å². The third-order valence-corrected chi connectivity index (χ3v) is 2.63. The number of aromatic nitrogens is 1. The maximum Gasteiger partial charge on any atom is 0.308 e. The van der Waals surface area contributed by atoms with E-state index in [4.69, 9.17) is 9.63 Å². The first-order valence-electron chi connectivity index (χ1n) is 4.58. The summed E-state index contributed by atoms with van der Waals surface area (Å²) in [5.41, 5.74) is 2.00. The van der Waals surface area contributed by atoms with Crippen LogP contribution in [-0.4, -0.2) is 16.2 Å². The van der Waals surface area contributed by atoms with Crippen LogP contribution in [0.1, 0.15) is 5.56 Å². The third-order valence-electron chi connectivity index (χ3n) is 2.10. The van der Waals surface area contributed by atoms with Gasteiger partial charge in [-0.25, -0.2) is 0 Å². The fraction of sp³-hybridized carbons (Fsp3) is 0.0909. The molecule has 0 amide bonds. The predicted molar refractivity (Wildman–Crippen MR) is 61.0 cm³/mol. The van der Waals surface area contributed by atoms with Crippen molar-refractivity contribution in [3.8, 4) is 11.3 Å². The molecule has 1 heterocycles.